The Morgan fingerprint density at radius 3 is 2.48 bits per heavy atom. The molecule has 1 saturated heterocycles. The van der Waals surface area contributed by atoms with Crippen molar-refractivity contribution in [3.8, 4) is 0 Å². The van der Waals surface area contributed by atoms with Crippen molar-refractivity contribution in [1.82, 2.24) is 0 Å². The molecule has 3 aliphatic carbocycles. The summed E-state index contributed by atoms with van der Waals surface area (Å²) in [6, 6.07) is 0. The number of ether oxygens (including phenoxy) is 1. The highest BCUT2D eigenvalue weighted by Gasteiger charge is 2.86. The van der Waals surface area contributed by atoms with Crippen molar-refractivity contribution >= 4 is 0 Å². The quantitative estimate of drug-likeness (QED) is 0.565. The fourth-order valence-electron chi connectivity index (χ4n) is 6.79. The second kappa shape index (κ2) is 4.14. The Morgan fingerprint density at radius 1 is 1.13 bits per heavy atom. The van der Waals surface area contributed by atoms with Crippen LogP contribution in [-0.4, -0.2) is 22.4 Å². The largest absolute Gasteiger partial charge is 0.392 e. The summed E-state index contributed by atoms with van der Waals surface area (Å²) in [4.78, 5) is 0. The molecule has 23 heavy (non-hydrogen) atoms. The molecule has 1 N–H and O–H groups in total. The van der Waals surface area contributed by atoms with E-state index in [1.54, 1.807) is 0 Å². The van der Waals surface area contributed by atoms with Crippen LogP contribution >= 0.6 is 0 Å². The third-order valence-corrected chi connectivity index (χ3v) is 8.75. The first-order valence-electron chi connectivity index (χ1n) is 9.29. The highest BCUT2D eigenvalue weighted by atomic mass is 16.6. The predicted octanol–water partition coefficient (Wildman–Crippen LogP) is 4.63. The summed E-state index contributed by atoms with van der Waals surface area (Å²) >= 11 is 0. The van der Waals surface area contributed by atoms with Gasteiger partial charge in [0.25, 0.3) is 0 Å². The van der Waals surface area contributed by atoms with E-state index >= 15 is 0 Å². The first-order valence-corrected chi connectivity index (χ1v) is 9.29. The zero-order chi connectivity index (χ0) is 16.9. The second-order valence-electron chi connectivity index (χ2n) is 9.79. The molecular weight excluding hydrogens is 284 g/mol. The minimum atomic E-state index is -0.311. The maximum atomic E-state index is 11.2. The van der Waals surface area contributed by atoms with Crippen LogP contribution in [0.25, 0.3) is 0 Å². The molecule has 4 fully saturated rings. The summed E-state index contributed by atoms with van der Waals surface area (Å²) in [5.41, 5.74) is 1.03. The molecule has 2 heteroatoms. The van der Waals surface area contributed by atoms with E-state index < -0.39 is 0 Å². The molecule has 0 aromatic heterocycles. The van der Waals surface area contributed by atoms with Gasteiger partial charge in [0.15, 0.2) is 0 Å². The molecule has 4 rings (SSSR count). The Kier molecular flexibility index (Phi) is 2.86. The minimum Gasteiger partial charge on any atom is -0.392 e. The van der Waals surface area contributed by atoms with Crippen molar-refractivity contribution in [2.75, 3.05) is 0 Å². The number of aliphatic hydroxyl groups excluding tert-OH is 1. The topological polar surface area (TPSA) is 32.8 Å². The molecule has 0 aromatic rings. The summed E-state index contributed by atoms with van der Waals surface area (Å²) < 4.78 is 6.70. The van der Waals surface area contributed by atoms with Gasteiger partial charge in [0.1, 0.15) is 11.2 Å². The molecule has 2 nitrogen and oxygen atoms in total. The third kappa shape index (κ3) is 1.49. The summed E-state index contributed by atoms with van der Waals surface area (Å²) in [5.74, 6) is 0.520. The number of epoxide rings is 1. The van der Waals surface area contributed by atoms with Gasteiger partial charge in [-0.1, -0.05) is 45.9 Å². The lowest BCUT2D eigenvalue weighted by atomic mass is 9.42. The number of allylic oxidation sites excluding steroid dienone is 1. The molecule has 4 aliphatic rings. The van der Waals surface area contributed by atoms with Crippen LogP contribution in [0.3, 0.4) is 0 Å². The van der Waals surface area contributed by atoms with E-state index in [9.17, 15) is 5.11 Å². The zero-order valence-corrected chi connectivity index (χ0v) is 15.2. The Bertz CT molecular complexity index is 593. The third-order valence-electron chi connectivity index (χ3n) is 8.75. The molecule has 0 aromatic carbocycles. The van der Waals surface area contributed by atoms with Crippen molar-refractivity contribution < 1.29 is 9.84 Å². The summed E-state index contributed by atoms with van der Waals surface area (Å²) in [7, 11) is 0. The van der Waals surface area contributed by atoms with Gasteiger partial charge < -0.3 is 9.84 Å². The molecule has 0 radical (unpaired) electrons. The Labute approximate surface area is 141 Å². The van der Waals surface area contributed by atoms with Gasteiger partial charge in [-0.3, -0.25) is 0 Å². The highest BCUT2D eigenvalue weighted by molar-refractivity contribution is 5.40. The van der Waals surface area contributed by atoms with Gasteiger partial charge in [0.2, 0.25) is 0 Å². The van der Waals surface area contributed by atoms with Gasteiger partial charge in [0, 0.05) is 10.8 Å². The Hall–Kier alpha value is -0.600. The summed E-state index contributed by atoms with van der Waals surface area (Å²) in [6.07, 6.45) is 8.02. The number of hydrogen-bond donors (Lipinski definition) is 1. The molecule has 1 heterocycles. The lowest BCUT2D eigenvalue weighted by molar-refractivity contribution is -0.136. The molecule has 0 amide bonds. The maximum Gasteiger partial charge on any atom is 0.107 e. The summed E-state index contributed by atoms with van der Waals surface area (Å²) in [6.45, 7) is 17.6. The van der Waals surface area contributed by atoms with Gasteiger partial charge in [-0.2, -0.15) is 0 Å². The molecule has 0 spiro atoms. The molecule has 6 atom stereocenters. The van der Waals surface area contributed by atoms with Crippen molar-refractivity contribution in [2.45, 2.75) is 83.5 Å². The van der Waals surface area contributed by atoms with Crippen LogP contribution in [0, 0.1) is 22.2 Å². The van der Waals surface area contributed by atoms with E-state index in [1.165, 1.54) is 5.57 Å². The maximum absolute atomic E-state index is 11.2. The number of aliphatic hydroxyl groups is 1. The number of hydrogen-bond acceptors (Lipinski definition) is 2. The summed E-state index contributed by atoms with van der Waals surface area (Å²) in [5, 5.41) is 11.2. The minimum absolute atomic E-state index is 0.0120. The first kappa shape index (κ1) is 15.9. The molecular formula is C21H32O2. The lowest BCUT2D eigenvalue weighted by Gasteiger charge is -2.60. The van der Waals surface area contributed by atoms with Crippen molar-refractivity contribution in [1.29, 1.82) is 0 Å². The van der Waals surface area contributed by atoms with Crippen molar-refractivity contribution in [3.63, 3.8) is 0 Å². The van der Waals surface area contributed by atoms with Gasteiger partial charge in [0.05, 0.1) is 6.10 Å². The second-order valence-corrected chi connectivity index (χ2v) is 9.79. The van der Waals surface area contributed by atoms with E-state index in [-0.39, 0.29) is 33.6 Å². The Balaban J connectivity index is 1.79. The van der Waals surface area contributed by atoms with E-state index in [0.29, 0.717) is 5.92 Å². The van der Waals surface area contributed by atoms with E-state index in [1.807, 2.05) is 0 Å². The molecule has 1 aliphatic heterocycles. The zero-order valence-electron chi connectivity index (χ0n) is 15.2. The van der Waals surface area contributed by atoms with Gasteiger partial charge in [-0.05, 0) is 49.9 Å². The van der Waals surface area contributed by atoms with Crippen LogP contribution in [0.1, 0.15) is 66.2 Å². The van der Waals surface area contributed by atoms with E-state index in [0.717, 1.165) is 38.5 Å². The number of fused-ring (bicyclic) bond motifs is 1. The lowest BCUT2D eigenvalue weighted by Crippen LogP contribution is -2.64. The fourth-order valence-corrected chi connectivity index (χ4v) is 6.79. The van der Waals surface area contributed by atoms with Gasteiger partial charge in [-0.25, -0.2) is 0 Å². The monoisotopic (exact) mass is 316 g/mol. The van der Waals surface area contributed by atoms with Crippen LogP contribution in [0.2, 0.25) is 0 Å². The average molecular weight is 316 g/mol. The van der Waals surface area contributed by atoms with Crippen LogP contribution in [0.5, 0.6) is 0 Å². The molecule has 0 bridgehead atoms. The van der Waals surface area contributed by atoms with E-state index in [2.05, 4.69) is 46.9 Å². The average Bonchev–Trinajstić information content (AvgIpc) is 3.19. The standard InChI is InChI=1S/C21H32O2/c1-7-18(5)12-15-9-11-20-17(3,4)14(2)8-10-21(20,23-20)19(15,6)16(22)13-18/h7,15-16,22H,1-2,8-13H2,3-6H3/t15?,16-,18+,19-,20+,21+/m0/s1. The smallest absolute Gasteiger partial charge is 0.107 e. The van der Waals surface area contributed by atoms with Crippen LogP contribution < -0.4 is 0 Å². The van der Waals surface area contributed by atoms with Gasteiger partial charge in [-0.15, -0.1) is 6.58 Å². The van der Waals surface area contributed by atoms with Crippen molar-refractivity contribution in [2.24, 2.45) is 22.2 Å². The molecule has 1 unspecified atom stereocenters. The van der Waals surface area contributed by atoms with Crippen molar-refractivity contribution in [3.05, 3.63) is 24.8 Å². The SMILES string of the molecule is C=C[C@]1(C)CC2CC[C@]34O[C@]3(CCC(=C)C4(C)C)[C@]2(C)[C@@H](O)C1. The fraction of sp³-hybridized carbons (Fsp3) is 0.810. The van der Waals surface area contributed by atoms with Crippen LogP contribution in [0.15, 0.2) is 24.8 Å². The normalized spacial score (nSPS) is 57.0. The van der Waals surface area contributed by atoms with E-state index in [4.69, 9.17) is 4.74 Å². The first-order chi connectivity index (χ1) is 10.6. The molecule has 3 saturated carbocycles. The van der Waals surface area contributed by atoms with Crippen LogP contribution in [0.4, 0.5) is 0 Å². The number of rotatable bonds is 1. The Morgan fingerprint density at radius 2 is 1.83 bits per heavy atom. The van der Waals surface area contributed by atoms with Crippen LogP contribution in [-0.2, 0) is 4.74 Å². The molecule has 128 valence electrons. The highest BCUT2D eigenvalue weighted by Crippen LogP contribution is 2.80. The van der Waals surface area contributed by atoms with Gasteiger partial charge >= 0.3 is 0 Å². The predicted molar refractivity (Wildman–Crippen MR) is 93.1 cm³/mol.